The van der Waals surface area contributed by atoms with Crippen molar-refractivity contribution in [3.05, 3.63) is 51.2 Å². The highest BCUT2D eigenvalue weighted by atomic mass is 35.5. The van der Waals surface area contributed by atoms with E-state index in [2.05, 4.69) is 5.32 Å². The zero-order valence-corrected chi connectivity index (χ0v) is 12.6. The molecule has 106 valence electrons. The smallest absolute Gasteiger partial charge is 0.220 e. The second kappa shape index (κ2) is 7.31. The average molecular weight is 309 g/mol. The van der Waals surface area contributed by atoms with Crippen molar-refractivity contribution in [2.45, 2.75) is 19.3 Å². The molecule has 0 radical (unpaired) electrons. The van der Waals surface area contributed by atoms with Gasteiger partial charge in [0, 0.05) is 28.9 Å². The number of anilines is 1. The van der Waals surface area contributed by atoms with Crippen LogP contribution in [0, 0.1) is 0 Å². The minimum atomic E-state index is 0.0740. The number of nitrogen functional groups attached to an aromatic ring is 1. The number of carbonyl (C=O) groups is 1. The van der Waals surface area contributed by atoms with Gasteiger partial charge in [0.1, 0.15) is 0 Å². The highest BCUT2D eigenvalue weighted by Gasteiger charge is 2.04. The molecule has 2 aromatic rings. The number of benzene rings is 1. The summed E-state index contributed by atoms with van der Waals surface area (Å²) in [7, 11) is 0. The molecule has 3 N–H and O–H groups in total. The van der Waals surface area contributed by atoms with Crippen LogP contribution in [0.15, 0.2) is 35.7 Å². The molecule has 1 amide bonds. The molecule has 0 atom stereocenters. The van der Waals surface area contributed by atoms with E-state index in [1.165, 1.54) is 5.56 Å². The Labute approximate surface area is 127 Å². The van der Waals surface area contributed by atoms with E-state index in [0.717, 1.165) is 28.4 Å². The number of carbonyl (C=O) groups excluding carboxylic acids is 1. The number of rotatable bonds is 6. The fourth-order valence-electron chi connectivity index (χ4n) is 1.84. The van der Waals surface area contributed by atoms with Crippen molar-refractivity contribution >= 4 is 34.5 Å². The average Bonchev–Trinajstić information content (AvgIpc) is 2.85. The lowest BCUT2D eigenvalue weighted by atomic mass is 10.1. The van der Waals surface area contributed by atoms with Gasteiger partial charge in [0.2, 0.25) is 5.91 Å². The molecule has 0 bridgehead atoms. The molecular weight excluding hydrogens is 292 g/mol. The van der Waals surface area contributed by atoms with Crippen molar-refractivity contribution in [1.29, 1.82) is 0 Å². The monoisotopic (exact) mass is 308 g/mol. The molecule has 0 saturated heterocycles. The number of hydrogen-bond donors (Lipinski definition) is 2. The second-order valence-electron chi connectivity index (χ2n) is 4.57. The lowest BCUT2D eigenvalue weighted by Gasteiger charge is -2.05. The number of nitrogens with one attached hydrogen (secondary N) is 1. The lowest BCUT2D eigenvalue weighted by molar-refractivity contribution is -0.121. The second-order valence-corrected chi connectivity index (χ2v) is 6.00. The van der Waals surface area contributed by atoms with Gasteiger partial charge in [-0.25, -0.2) is 0 Å². The van der Waals surface area contributed by atoms with Gasteiger partial charge in [-0.2, -0.15) is 0 Å². The van der Waals surface area contributed by atoms with Crippen LogP contribution in [0.1, 0.15) is 16.9 Å². The fraction of sp³-hybridized carbons (Fsp3) is 0.267. The van der Waals surface area contributed by atoms with E-state index in [1.807, 2.05) is 35.7 Å². The predicted octanol–water partition coefficient (Wildman–Crippen LogP) is 3.28. The van der Waals surface area contributed by atoms with Crippen LogP contribution in [-0.2, 0) is 17.6 Å². The van der Waals surface area contributed by atoms with Gasteiger partial charge >= 0.3 is 0 Å². The van der Waals surface area contributed by atoms with E-state index < -0.39 is 0 Å². The summed E-state index contributed by atoms with van der Waals surface area (Å²) >= 11 is 7.43. The maximum atomic E-state index is 11.7. The van der Waals surface area contributed by atoms with Gasteiger partial charge in [-0.15, -0.1) is 11.3 Å². The van der Waals surface area contributed by atoms with Gasteiger partial charge < -0.3 is 11.1 Å². The summed E-state index contributed by atoms with van der Waals surface area (Å²) in [5.74, 6) is 0.0740. The summed E-state index contributed by atoms with van der Waals surface area (Å²) in [6, 6.07) is 9.62. The summed E-state index contributed by atoms with van der Waals surface area (Å²) in [6.45, 7) is 0.647. The Kier molecular flexibility index (Phi) is 5.44. The van der Waals surface area contributed by atoms with Crippen molar-refractivity contribution in [3.63, 3.8) is 0 Å². The van der Waals surface area contributed by atoms with E-state index >= 15 is 0 Å². The zero-order valence-electron chi connectivity index (χ0n) is 11.1. The molecule has 1 aromatic heterocycles. The van der Waals surface area contributed by atoms with Crippen LogP contribution in [0.5, 0.6) is 0 Å². The first-order valence-corrected chi connectivity index (χ1v) is 7.73. The van der Waals surface area contributed by atoms with E-state index in [4.69, 9.17) is 17.3 Å². The van der Waals surface area contributed by atoms with Crippen LogP contribution in [0.2, 0.25) is 5.02 Å². The van der Waals surface area contributed by atoms with Crippen LogP contribution in [0.25, 0.3) is 0 Å². The molecule has 0 aliphatic rings. The molecule has 2 rings (SSSR count). The van der Waals surface area contributed by atoms with Gasteiger partial charge in [0.25, 0.3) is 0 Å². The number of thiophene rings is 1. The van der Waals surface area contributed by atoms with Crippen LogP contribution >= 0.6 is 22.9 Å². The first kappa shape index (κ1) is 14.9. The molecular formula is C15H17ClN2OS. The number of amides is 1. The number of halogens is 1. The van der Waals surface area contributed by atoms with E-state index in [9.17, 15) is 4.79 Å². The summed E-state index contributed by atoms with van der Waals surface area (Å²) in [4.78, 5) is 12.9. The minimum Gasteiger partial charge on any atom is -0.399 e. The van der Waals surface area contributed by atoms with Crippen molar-refractivity contribution in [2.24, 2.45) is 0 Å². The Morgan fingerprint density at radius 3 is 2.65 bits per heavy atom. The summed E-state index contributed by atoms with van der Waals surface area (Å²) in [5.41, 5.74) is 7.55. The highest BCUT2D eigenvalue weighted by molar-refractivity contribution is 7.10. The molecule has 1 heterocycles. The minimum absolute atomic E-state index is 0.0740. The van der Waals surface area contributed by atoms with Gasteiger partial charge in [0.15, 0.2) is 0 Å². The number of nitrogens with two attached hydrogens (primary N) is 1. The third kappa shape index (κ3) is 4.87. The summed E-state index contributed by atoms with van der Waals surface area (Å²) in [6.07, 6.45) is 2.06. The standard InChI is InChI=1S/C15H17ClN2OS/c16-12-9-14(20-10-12)5-6-15(19)18-8-7-11-1-3-13(17)4-2-11/h1-4,9-10H,5-8,17H2,(H,18,19). The van der Waals surface area contributed by atoms with Crippen LogP contribution < -0.4 is 11.1 Å². The van der Waals surface area contributed by atoms with Crippen molar-refractivity contribution in [3.8, 4) is 0 Å². The molecule has 0 aliphatic heterocycles. The van der Waals surface area contributed by atoms with Gasteiger partial charge in [-0.3, -0.25) is 4.79 Å². The molecule has 0 unspecified atom stereocenters. The van der Waals surface area contributed by atoms with E-state index in [-0.39, 0.29) is 5.91 Å². The highest BCUT2D eigenvalue weighted by Crippen LogP contribution is 2.20. The summed E-state index contributed by atoms with van der Waals surface area (Å²) < 4.78 is 0. The maximum Gasteiger partial charge on any atom is 0.220 e. The molecule has 3 nitrogen and oxygen atoms in total. The van der Waals surface area contributed by atoms with Gasteiger partial charge in [0.05, 0.1) is 5.02 Å². The molecule has 0 spiro atoms. The van der Waals surface area contributed by atoms with Crippen molar-refractivity contribution < 1.29 is 4.79 Å². The quantitative estimate of drug-likeness (QED) is 0.805. The topological polar surface area (TPSA) is 55.1 Å². The molecule has 0 aliphatic carbocycles. The van der Waals surface area contributed by atoms with Crippen LogP contribution in [0.3, 0.4) is 0 Å². The zero-order chi connectivity index (χ0) is 14.4. The van der Waals surface area contributed by atoms with Gasteiger partial charge in [-0.1, -0.05) is 23.7 Å². The number of aryl methyl sites for hydroxylation is 1. The third-order valence-electron chi connectivity index (χ3n) is 2.94. The molecule has 5 heteroatoms. The van der Waals surface area contributed by atoms with Crippen LogP contribution in [0.4, 0.5) is 5.69 Å². The molecule has 0 saturated carbocycles. The SMILES string of the molecule is Nc1ccc(CCNC(=O)CCc2cc(Cl)cs2)cc1. The van der Waals surface area contributed by atoms with E-state index in [0.29, 0.717) is 13.0 Å². The largest absolute Gasteiger partial charge is 0.399 e. The Bertz CT molecular complexity index is 566. The summed E-state index contributed by atoms with van der Waals surface area (Å²) in [5, 5.41) is 5.55. The Morgan fingerprint density at radius 2 is 2.00 bits per heavy atom. The maximum absolute atomic E-state index is 11.7. The fourth-order valence-corrected chi connectivity index (χ4v) is 2.92. The molecule has 1 aromatic carbocycles. The molecule has 0 fully saturated rings. The first-order chi connectivity index (χ1) is 9.63. The predicted molar refractivity (Wildman–Crippen MR) is 85.2 cm³/mol. The molecule has 20 heavy (non-hydrogen) atoms. The third-order valence-corrected chi connectivity index (χ3v) is 4.28. The lowest BCUT2D eigenvalue weighted by Crippen LogP contribution is -2.25. The normalized spacial score (nSPS) is 10.4. The van der Waals surface area contributed by atoms with Gasteiger partial charge in [-0.05, 0) is 36.6 Å². The Hall–Kier alpha value is -1.52. The van der Waals surface area contributed by atoms with E-state index in [1.54, 1.807) is 11.3 Å². The Morgan fingerprint density at radius 1 is 1.25 bits per heavy atom. The van der Waals surface area contributed by atoms with Crippen LogP contribution in [-0.4, -0.2) is 12.5 Å². The van der Waals surface area contributed by atoms with Crippen molar-refractivity contribution in [1.82, 2.24) is 5.32 Å². The Balaban J connectivity index is 1.66. The first-order valence-electron chi connectivity index (χ1n) is 6.47. The number of hydrogen-bond acceptors (Lipinski definition) is 3. The van der Waals surface area contributed by atoms with Crippen molar-refractivity contribution in [2.75, 3.05) is 12.3 Å².